The molecule has 7 heteroatoms. The Hall–Kier alpha value is -2.57. The van der Waals surface area contributed by atoms with Crippen LogP contribution in [0.1, 0.15) is 58.9 Å². The molecular weight excluding hydrogens is 394 g/mol. The molecule has 0 aromatic heterocycles. The van der Waals surface area contributed by atoms with Crippen LogP contribution in [0.2, 0.25) is 0 Å². The Balaban J connectivity index is 1.64. The van der Waals surface area contributed by atoms with Crippen LogP contribution in [-0.2, 0) is 20.9 Å². The molecule has 3 rings (SSSR count). The molecule has 1 saturated carbocycles. The molecule has 1 aliphatic heterocycles. The topological polar surface area (TPSA) is 79.0 Å². The molecule has 170 valence electrons. The number of hydrogen-bond donors (Lipinski definition) is 1. The van der Waals surface area contributed by atoms with E-state index < -0.39 is 5.60 Å². The van der Waals surface area contributed by atoms with Crippen LogP contribution in [0.3, 0.4) is 0 Å². The quantitative estimate of drug-likeness (QED) is 0.740. The summed E-state index contributed by atoms with van der Waals surface area (Å²) in [4.78, 5) is 41.4. The number of benzene rings is 1. The lowest BCUT2D eigenvalue weighted by atomic mass is 9.96. The van der Waals surface area contributed by atoms with Gasteiger partial charge in [0.2, 0.25) is 11.8 Å². The minimum Gasteiger partial charge on any atom is -0.444 e. The minimum absolute atomic E-state index is 0.0685. The number of nitrogens with one attached hydrogen (secondary N) is 1. The molecule has 1 saturated heterocycles. The van der Waals surface area contributed by atoms with Gasteiger partial charge >= 0.3 is 6.09 Å². The second-order valence-electron chi connectivity index (χ2n) is 9.54. The largest absolute Gasteiger partial charge is 0.444 e. The lowest BCUT2D eigenvalue weighted by Crippen LogP contribution is -2.44. The van der Waals surface area contributed by atoms with Crippen molar-refractivity contribution in [2.75, 3.05) is 25.0 Å². The number of amides is 3. The van der Waals surface area contributed by atoms with E-state index in [9.17, 15) is 14.4 Å². The number of likely N-dealkylation sites (tertiary alicyclic amines) is 1. The summed E-state index contributed by atoms with van der Waals surface area (Å²) in [5.41, 5.74) is 0.980. The van der Waals surface area contributed by atoms with Gasteiger partial charge in [-0.2, -0.15) is 0 Å². The predicted molar refractivity (Wildman–Crippen MR) is 119 cm³/mol. The van der Waals surface area contributed by atoms with Gasteiger partial charge in [0, 0.05) is 31.2 Å². The van der Waals surface area contributed by atoms with Gasteiger partial charge in [0.05, 0.1) is 12.5 Å². The number of carbonyl (C=O) groups excluding carboxylic acids is 3. The SMILES string of the molecule is CCN(Cc1ccccc1NC(=O)C1CCCN(C(=O)C2CC2)C1)C(=O)OC(C)(C)C. The van der Waals surface area contributed by atoms with Gasteiger partial charge in [-0.1, -0.05) is 18.2 Å². The molecule has 1 atom stereocenters. The van der Waals surface area contributed by atoms with Crippen molar-refractivity contribution < 1.29 is 19.1 Å². The van der Waals surface area contributed by atoms with Crippen LogP contribution in [0.25, 0.3) is 0 Å². The number of anilines is 1. The molecule has 1 aromatic rings. The molecule has 0 bridgehead atoms. The summed E-state index contributed by atoms with van der Waals surface area (Å²) in [6, 6.07) is 7.52. The number of piperidine rings is 1. The molecule has 3 amide bonds. The maximum absolute atomic E-state index is 13.0. The third kappa shape index (κ3) is 6.45. The maximum Gasteiger partial charge on any atom is 0.410 e. The molecule has 1 aliphatic carbocycles. The summed E-state index contributed by atoms with van der Waals surface area (Å²) in [6.45, 7) is 9.51. The Morgan fingerprint density at radius 1 is 1.13 bits per heavy atom. The van der Waals surface area contributed by atoms with Crippen molar-refractivity contribution >= 4 is 23.6 Å². The highest BCUT2D eigenvalue weighted by Gasteiger charge is 2.36. The van der Waals surface area contributed by atoms with Crippen molar-refractivity contribution in [3.8, 4) is 0 Å². The number of nitrogens with zero attached hydrogens (tertiary/aromatic N) is 2. The van der Waals surface area contributed by atoms with Crippen LogP contribution in [0.15, 0.2) is 24.3 Å². The summed E-state index contributed by atoms with van der Waals surface area (Å²) >= 11 is 0. The maximum atomic E-state index is 13.0. The van der Waals surface area contributed by atoms with Gasteiger partial charge in [0.1, 0.15) is 5.60 Å². The van der Waals surface area contributed by atoms with Crippen LogP contribution < -0.4 is 5.32 Å². The number of ether oxygens (including phenoxy) is 1. The zero-order chi connectivity index (χ0) is 22.6. The predicted octanol–water partition coefficient (Wildman–Crippen LogP) is 4.03. The lowest BCUT2D eigenvalue weighted by Gasteiger charge is -2.32. The summed E-state index contributed by atoms with van der Waals surface area (Å²) in [6.07, 6.45) is 3.20. The Morgan fingerprint density at radius 3 is 2.48 bits per heavy atom. The molecule has 7 nitrogen and oxygen atoms in total. The molecule has 1 aromatic carbocycles. The van der Waals surface area contributed by atoms with Crippen molar-refractivity contribution in [3.63, 3.8) is 0 Å². The van der Waals surface area contributed by atoms with E-state index in [-0.39, 0.29) is 29.7 Å². The Morgan fingerprint density at radius 2 is 1.84 bits per heavy atom. The van der Waals surface area contributed by atoms with Crippen LogP contribution in [0.4, 0.5) is 10.5 Å². The molecule has 2 aliphatic rings. The number of para-hydroxylation sites is 1. The minimum atomic E-state index is -0.566. The standard InChI is InChI=1S/C24H35N3O4/c1-5-26(23(30)31-24(2,3)4)15-18-9-6-7-11-20(18)25-21(28)19-10-8-14-27(16-19)22(29)17-12-13-17/h6-7,9,11,17,19H,5,8,10,12-16H2,1-4H3,(H,25,28). The highest BCUT2D eigenvalue weighted by molar-refractivity contribution is 5.94. The number of rotatable bonds is 6. The fourth-order valence-corrected chi connectivity index (χ4v) is 3.83. The summed E-state index contributed by atoms with van der Waals surface area (Å²) in [5, 5.41) is 3.05. The van der Waals surface area contributed by atoms with Gasteiger partial charge in [0.25, 0.3) is 0 Å². The summed E-state index contributed by atoms with van der Waals surface area (Å²) in [5.74, 6) is 0.1000. The fraction of sp³-hybridized carbons (Fsp3) is 0.625. The van der Waals surface area contributed by atoms with Gasteiger partial charge in [-0.25, -0.2) is 4.79 Å². The zero-order valence-electron chi connectivity index (χ0n) is 19.1. The smallest absolute Gasteiger partial charge is 0.410 e. The van der Waals surface area contributed by atoms with Crippen LogP contribution in [-0.4, -0.2) is 52.9 Å². The lowest BCUT2D eigenvalue weighted by molar-refractivity contribution is -0.135. The third-order valence-corrected chi connectivity index (χ3v) is 5.70. The van der Waals surface area contributed by atoms with E-state index in [1.807, 2.05) is 56.9 Å². The van der Waals surface area contributed by atoms with Crippen molar-refractivity contribution in [1.82, 2.24) is 9.80 Å². The van der Waals surface area contributed by atoms with Gasteiger partial charge in [-0.15, -0.1) is 0 Å². The molecule has 31 heavy (non-hydrogen) atoms. The Kier molecular flexibility index (Phi) is 7.23. The molecule has 1 heterocycles. The average molecular weight is 430 g/mol. The highest BCUT2D eigenvalue weighted by atomic mass is 16.6. The second kappa shape index (κ2) is 9.71. The monoisotopic (exact) mass is 429 g/mol. The molecular formula is C24H35N3O4. The molecule has 0 spiro atoms. The summed E-state index contributed by atoms with van der Waals surface area (Å²) in [7, 11) is 0. The molecule has 2 fully saturated rings. The van der Waals surface area contributed by atoms with Gasteiger partial charge in [-0.3, -0.25) is 9.59 Å². The Bertz CT molecular complexity index is 813. The third-order valence-electron chi connectivity index (χ3n) is 5.70. The number of hydrogen-bond acceptors (Lipinski definition) is 4. The molecule has 1 N–H and O–H groups in total. The van der Waals surface area contributed by atoms with Gasteiger partial charge < -0.3 is 19.9 Å². The van der Waals surface area contributed by atoms with E-state index in [2.05, 4.69) is 5.32 Å². The Labute approximate surface area is 185 Å². The number of carbonyl (C=O) groups is 3. The normalized spacial score (nSPS) is 19.0. The van der Waals surface area contributed by atoms with Crippen molar-refractivity contribution in [1.29, 1.82) is 0 Å². The highest BCUT2D eigenvalue weighted by Crippen LogP contribution is 2.32. The van der Waals surface area contributed by atoms with E-state index >= 15 is 0 Å². The van der Waals surface area contributed by atoms with E-state index in [1.54, 1.807) is 4.90 Å². The second-order valence-corrected chi connectivity index (χ2v) is 9.54. The first-order valence-corrected chi connectivity index (χ1v) is 11.3. The average Bonchev–Trinajstić information content (AvgIpc) is 3.56. The van der Waals surface area contributed by atoms with Crippen LogP contribution in [0.5, 0.6) is 0 Å². The first-order valence-electron chi connectivity index (χ1n) is 11.3. The van der Waals surface area contributed by atoms with Crippen molar-refractivity contribution in [2.24, 2.45) is 11.8 Å². The van der Waals surface area contributed by atoms with Crippen LogP contribution >= 0.6 is 0 Å². The van der Waals surface area contributed by atoms with E-state index in [1.165, 1.54) is 0 Å². The summed E-state index contributed by atoms with van der Waals surface area (Å²) < 4.78 is 5.50. The first-order chi connectivity index (χ1) is 14.7. The van der Waals surface area contributed by atoms with E-state index in [0.29, 0.717) is 25.3 Å². The molecule has 0 radical (unpaired) electrons. The fourth-order valence-electron chi connectivity index (χ4n) is 3.83. The van der Waals surface area contributed by atoms with Crippen molar-refractivity contribution in [2.45, 2.75) is 65.5 Å². The van der Waals surface area contributed by atoms with Crippen molar-refractivity contribution in [3.05, 3.63) is 29.8 Å². The van der Waals surface area contributed by atoms with Crippen LogP contribution in [0, 0.1) is 11.8 Å². The molecule has 1 unspecified atom stereocenters. The van der Waals surface area contributed by atoms with Gasteiger partial charge in [0.15, 0.2) is 0 Å². The van der Waals surface area contributed by atoms with E-state index in [0.717, 1.165) is 37.8 Å². The zero-order valence-corrected chi connectivity index (χ0v) is 19.1. The van der Waals surface area contributed by atoms with Gasteiger partial charge in [-0.05, 0) is 65.0 Å². The first kappa shape index (κ1) is 23.1. The van der Waals surface area contributed by atoms with E-state index in [4.69, 9.17) is 4.74 Å².